The van der Waals surface area contributed by atoms with E-state index in [0.717, 1.165) is 55.4 Å². The molecule has 412 valence electrons. The summed E-state index contributed by atoms with van der Waals surface area (Å²) in [5, 5.41) is 2.02. The van der Waals surface area contributed by atoms with Crippen molar-refractivity contribution in [1.29, 1.82) is 0 Å². The molecule has 0 N–H and O–H groups in total. The van der Waals surface area contributed by atoms with Crippen molar-refractivity contribution in [2.75, 3.05) is 0 Å². The summed E-state index contributed by atoms with van der Waals surface area (Å²) in [7, 11) is 0. The summed E-state index contributed by atoms with van der Waals surface area (Å²) in [4.78, 5) is 4.88. The largest absolute Gasteiger partial charge is 0.510 e. The van der Waals surface area contributed by atoms with Crippen LogP contribution >= 0.6 is 0 Å². The zero-order chi connectivity index (χ0) is 65.3. The van der Waals surface area contributed by atoms with Gasteiger partial charge in [-0.25, -0.2) is 4.98 Å². The summed E-state index contributed by atoms with van der Waals surface area (Å²) in [5.74, 6) is 1.57. The van der Waals surface area contributed by atoms with Crippen molar-refractivity contribution in [2.45, 2.75) is 105 Å². The number of aromatic nitrogens is 4. The van der Waals surface area contributed by atoms with Gasteiger partial charge in [0, 0.05) is 44.3 Å². The van der Waals surface area contributed by atoms with Gasteiger partial charge in [0.15, 0.2) is 0 Å². The maximum Gasteiger partial charge on any atom is 0.268 e. The molecule has 0 aliphatic carbocycles. The number of rotatable bonds is 9. The van der Waals surface area contributed by atoms with Crippen molar-refractivity contribution in [3.8, 4) is 73.2 Å². The summed E-state index contributed by atoms with van der Waals surface area (Å²) in [5.41, 5.74) is 10.1. The van der Waals surface area contributed by atoms with Gasteiger partial charge in [0.2, 0.25) is 0 Å². The number of hydrogen-bond acceptors (Lipinski definition) is 2. The van der Waals surface area contributed by atoms with Crippen LogP contribution in [0.1, 0.15) is 119 Å². The average molecular weight is 1260 g/mol. The fourth-order valence-corrected chi connectivity index (χ4v) is 10.6. The van der Waals surface area contributed by atoms with Crippen LogP contribution in [0.4, 0.5) is 0 Å². The van der Waals surface area contributed by atoms with Crippen molar-refractivity contribution in [2.24, 2.45) is 0 Å². The molecule has 0 atom stereocenters. The zero-order valence-electron chi connectivity index (χ0n) is 58.4. The Balaban J connectivity index is 0.00000867. The molecule has 0 spiro atoms. The SMILES string of the molecule is [2H]c1c([2H])c([2H])c(-c2cc(-c3cc(C(C)(C)C)cc(C(C)(C)C)c3)c(-[n+]3[c-]n(-c4[c-]c(Oc5[c-]c6c(cc5)c5ccccc5n6-c5cc(C(C)(C)C)ccn5)ccc4)c4cc(-c5ccc(C(C)(C)C)cc5)ccc43)c(-c3c([2H])c([2H])c([2H])c([2H])c3[2H])c2)c([2H])c1[2H].[Pt]. The summed E-state index contributed by atoms with van der Waals surface area (Å²) in [6.45, 7) is 25.8. The molecule has 12 aromatic rings. The van der Waals surface area contributed by atoms with Gasteiger partial charge in [-0.1, -0.05) is 222 Å². The summed E-state index contributed by atoms with van der Waals surface area (Å²) in [6, 6.07) is 48.1. The Hall–Kier alpha value is -8.11. The Morgan fingerprint density at radius 2 is 1.07 bits per heavy atom. The first kappa shape index (κ1) is 44.5. The van der Waals surface area contributed by atoms with Gasteiger partial charge in [0.05, 0.1) is 30.4 Å². The molecule has 9 aromatic carbocycles. The summed E-state index contributed by atoms with van der Waals surface area (Å²) >= 11 is 0. The van der Waals surface area contributed by atoms with Crippen LogP contribution in [0.3, 0.4) is 0 Å². The van der Waals surface area contributed by atoms with Gasteiger partial charge in [-0.3, -0.25) is 4.57 Å². The van der Waals surface area contributed by atoms with Crippen LogP contribution in [0.15, 0.2) is 206 Å². The standard InChI is InChI=1S/C76H70N4O.Pt/c1-73(2,3)56-33-30-51(31-34-56)53-32-37-68-70(44-53)78(60-26-21-27-61(47-60)81-62-35-36-64-63-28-19-20-29-67(63)80(69(64)48-62)71-46-57(38-39-77-71)74(4,5)6)49-79(68)72-65(52-24-17-14-18-25-52)42-54(50-22-15-13-16-23-50)43-66(72)55-40-58(75(7,8)9)45-59(41-55)76(10,11)12;/h13-46H,1-12H3;/q-2;/i13D,14D,15D,16D,17D,18D,22D,23D,24D,25D;. The number of nitrogens with zero attached hydrogens (tertiary/aromatic N) is 4. The second-order valence-electron chi connectivity index (χ2n) is 25.1. The third kappa shape index (κ3) is 10.8. The number of pyridine rings is 1. The molecule has 0 unspecified atom stereocenters. The number of hydrogen-bond donors (Lipinski definition) is 0. The number of ether oxygens (including phenoxy) is 1. The second-order valence-corrected chi connectivity index (χ2v) is 25.1. The number of para-hydroxylation sites is 1. The van der Waals surface area contributed by atoms with Gasteiger partial charge < -0.3 is 13.9 Å². The molecule has 0 bridgehead atoms. The van der Waals surface area contributed by atoms with Crippen molar-refractivity contribution in [3.63, 3.8) is 0 Å². The van der Waals surface area contributed by atoms with E-state index >= 15 is 0 Å². The maximum atomic E-state index is 9.67. The molecule has 0 aliphatic heterocycles. The minimum Gasteiger partial charge on any atom is -0.510 e. The van der Waals surface area contributed by atoms with Crippen molar-refractivity contribution < 1.29 is 44.1 Å². The van der Waals surface area contributed by atoms with Crippen molar-refractivity contribution >= 4 is 32.8 Å². The van der Waals surface area contributed by atoms with Crippen LogP contribution in [0.25, 0.3) is 94.5 Å². The smallest absolute Gasteiger partial charge is 0.268 e. The van der Waals surface area contributed by atoms with Gasteiger partial charge in [-0.2, -0.15) is 18.2 Å². The Morgan fingerprint density at radius 3 is 1.73 bits per heavy atom. The number of fused-ring (bicyclic) bond motifs is 4. The van der Waals surface area contributed by atoms with E-state index in [1.807, 2.05) is 76.0 Å². The van der Waals surface area contributed by atoms with E-state index < -0.39 is 71.3 Å². The van der Waals surface area contributed by atoms with Crippen LogP contribution in [0.2, 0.25) is 0 Å². The Morgan fingerprint density at radius 1 is 0.463 bits per heavy atom. The monoisotopic (exact) mass is 1260 g/mol. The topological polar surface area (TPSA) is 35.9 Å². The normalized spacial score (nSPS) is 14.0. The molecule has 0 amide bonds. The first-order chi connectivity index (χ1) is 42.8. The molecule has 0 saturated heterocycles. The fourth-order valence-electron chi connectivity index (χ4n) is 10.6. The molecule has 82 heavy (non-hydrogen) atoms. The van der Waals surface area contributed by atoms with E-state index in [1.54, 1.807) is 12.1 Å². The Kier molecular flexibility index (Phi) is 11.6. The third-order valence-corrected chi connectivity index (χ3v) is 15.2. The Labute approximate surface area is 513 Å². The van der Waals surface area contributed by atoms with Crippen LogP contribution in [0.5, 0.6) is 11.5 Å². The molecule has 0 aliphatic rings. The van der Waals surface area contributed by atoms with E-state index in [1.165, 1.54) is 5.56 Å². The first-order valence-corrected chi connectivity index (χ1v) is 27.5. The quantitative estimate of drug-likeness (QED) is 0.107. The molecular weight excluding hydrogens is 1180 g/mol. The minimum atomic E-state index is -0.589. The molecule has 5 nitrogen and oxygen atoms in total. The third-order valence-electron chi connectivity index (χ3n) is 15.2. The number of benzene rings is 9. The van der Waals surface area contributed by atoms with Gasteiger partial charge in [-0.05, 0) is 136 Å². The first-order valence-electron chi connectivity index (χ1n) is 32.5. The summed E-state index contributed by atoms with van der Waals surface area (Å²) < 4.78 is 104. The van der Waals surface area contributed by atoms with Gasteiger partial charge in [0.25, 0.3) is 6.33 Å². The van der Waals surface area contributed by atoms with E-state index in [-0.39, 0.29) is 54.1 Å². The van der Waals surface area contributed by atoms with E-state index in [4.69, 9.17) is 17.9 Å². The van der Waals surface area contributed by atoms with Crippen LogP contribution < -0.4 is 9.30 Å². The van der Waals surface area contributed by atoms with E-state index in [9.17, 15) is 5.48 Å². The molecule has 0 saturated carbocycles. The summed E-state index contributed by atoms with van der Waals surface area (Å²) in [6.07, 6.45) is 5.56. The van der Waals surface area contributed by atoms with Crippen molar-refractivity contribution in [1.82, 2.24) is 14.1 Å². The molecule has 3 aromatic heterocycles. The number of imidazole rings is 1. The maximum absolute atomic E-state index is 9.67. The fraction of sp³-hybridized carbons (Fsp3) is 0.211. The average Bonchev–Trinajstić information content (AvgIpc) is 1.47. The van der Waals surface area contributed by atoms with Gasteiger partial charge in [0.1, 0.15) is 5.82 Å². The second kappa shape index (κ2) is 21.3. The van der Waals surface area contributed by atoms with Gasteiger partial charge >= 0.3 is 0 Å². The predicted molar refractivity (Wildman–Crippen MR) is 337 cm³/mol. The molecular formula is C76H70N4OPt-2. The van der Waals surface area contributed by atoms with E-state index in [2.05, 4.69) is 173 Å². The Bertz CT molecular complexity index is 4870. The zero-order valence-corrected chi connectivity index (χ0v) is 50.6. The predicted octanol–water partition coefficient (Wildman–Crippen LogP) is 19.4. The van der Waals surface area contributed by atoms with Crippen LogP contribution in [0, 0.1) is 18.5 Å². The molecule has 0 fully saturated rings. The van der Waals surface area contributed by atoms with Gasteiger partial charge in [-0.15, -0.1) is 29.7 Å². The molecule has 0 radical (unpaired) electrons. The molecule has 12 rings (SSSR count). The molecule has 3 heterocycles. The van der Waals surface area contributed by atoms with Crippen LogP contribution in [-0.2, 0) is 42.7 Å². The minimum absolute atomic E-state index is 0. The van der Waals surface area contributed by atoms with E-state index in [0.29, 0.717) is 45.0 Å². The van der Waals surface area contributed by atoms with Crippen molar-refractivity contribution in [3.05, 3.63) is 247 Å². The molecule has 6 heteroatoms. The van der Waals surface area contributed by atoms with Crippen LogP contribution in [-0.4, -0.2) is 14.1 Å².